The number of ether oxygens (including phenoxy) is 6. The van der Waals surface area contributed by atoms with Gasteiger partial charge in [0.05, 0.1) is 4.11 Å². The zero-order valence-corrected chi connectivity index (χ0v) is 86.8. The van der Waals surface area contributed by atoms with Crippen LogP contribution in [0.5, 0.6) is 69.0 Å². The predicted molar refractivity (Wildman–Crippen MR) is 572 cm³/mol. The molecule has 6 aromatic rings. The number of benzene rings is 6. The fourth-order valence-electron chi connectivity index (χ4n) is 21.5. The van der Waals surface area contributed by atoms with Crippen molar-refractivity contribution in [2.45, 2.75) is 466 Å². The van der Waals surface area contributed by atoms with Crippen molar-refractivity contribution in [1.29, 1.82) is 0 Å². The Morgan fingerprint density at radius 2 is 0.565 bits per heavy atom. The molecule has 12 nitrogen and oxygen atoms in total. The minimum Gasteiger partial charge on any atom is -0.507 e. The van der Waals surface area contributed by atoms with Crippen LogP contribution in [0.3, 0.4) is 0 Å². The standard InChI is InChI=1S/6C21H30O2/c6*1-5-6-7-8-15-12-18(22)20-16-11-14(2)9-10-17(16)21(3,4)23-19(20)13-15/h6*11-13,16-17,22H,5-10H2,1-4H3/t6*16-,17-/m111111/s1/i9D2,10D2,11D,16D,17D;2D3,9D2,10D2,11D,17D;10D2,11D,16D,17D;9D2,16D;2D3,16D;16D. The summed E-state index contributed by atoms with van der Waals surface area (Å²) in [7, 11) is 0. The number of hydrogen-bond donors (Lipinski definition) is 6. The number of phenolic OH excluding ortho intramolecular Hbond substituents is 6. The van der Waals surface area contributed by atoms with Crippen LogP contribution in [0.25, 0.3) is 0 Å². The number of aromatic hydroxyl groups is 6. The van der Waals surface area contributed by atoms with Crippen molar-refractivity contribution in [2.75, 3.05) is 0 Å². The molecule has 0 bridgehead atoms. The molecule has 6 aliphatic heterocycles. The Morgan fingerprint density at radius 1 is 0.290 bits per heavy atom. The molecule has 0 aromatic heterocycles. The first-order valence-corrected chi connectivity index (χ1v) is 51.7. The molecule has 6 heterocycles. The molecule has 756 valence electrons. The van der Waals surface area contributed by atoms with Crippen LogP contribution >= 0.6 is 0 Å². The summed E-state index contributed by atoms with van der Waals surface area (Å²) < 4.78 is 285. The van der Waals surface area contributed by atoms with Crippen molar-refractivity contribution < 1.29 is 98.8 Å². The molecule has 0 saturated carbocycles. The topological polar surface area (TPSA) is 177 Å². The Balaban J connectivity index is 0.000000165. The zero-order chi connectivity index (χ0) is 125. The molecule has 0 unspecified atom stereocenters. The maximum atomic E-state index is 10.9. The average molecular weight is 1920 g/mol. The van der Waals surface area contributed by atoms with E-state index in [1.54, 1.807) is 76.2 Å². The number of aryl methyl sites for hydroxylation is 6. The highest BCUT2D eigenvalue weighted by atomic mass is 16.5. The Labute approximate surface area is 875 Å². The number of unbranched alkanes of at least 4 members (excludes halogenated alkanes) is 12. The molecule has 12 atom stereocenters. The predicted octanol–water partition coefficient (Wildman–Crippen LogP) is 34.4. The molecule has 138 heavy (non-hydrogen) atoms. The molecule has 12 aliphatic rings. The minimum atomic E-state index is -3.12. The average Bonchev–Trinajstić information content (AvgIpc) is 0.629. The summed E-state index contributed by atoms with van der Waals surface area (Å²) in [6, 6.07) is 19.7. The number of phenols is 6. The highest BCUT2D eigenvalue weighted by molar-refractivity contribution is 5.60. The summed E-state index contributed by atoms with van der Waals surface area (Å²) in [5.41, 5.74) is 1.95. The molecule has 0 radical (unpaired) electrons. The van der Waals surface area contributed by atoms with Crippen LogP contribution in [-0.4, -0.2) is 64.2 Å². The third-order valence-corrected chi connectivity index (χ3v) is 28.8. The molecule has 0 saturated heterocycles. The van der Waals surface area contributed by atoms with E-state index < -0.39 is 156 Å². The van der Waals surface area contributed by atoms with E-state index in [9.17, 15) is 40.2 Å². The van der Waals surface area contributed by atoms with Crippen molar-refractivity contribution in [3.63, 3.8) is 0 Å². The largest absolute Gasteiger partial charge is 0.507 e. The normalized spacial score (nSPS) is 35.1. The molecule has 0 spiro atoms. The van der Waals surface area contributed by atoms with Crippen LogP contribution in [-0.2, 0) is 38.5 Å². The van der Waals surface area contributed by atoms with Crippen LogP contribution in [0.2, 0.25) is 0 Å². The zero-order valence-electron chi connectivity index (χ0n) is 116. The Kier molecular flexibility index (Phi) is 24.3. The van der Waals surface area contributed by atoms with E-state index >= 15 is 0 Å². The smallest absolute Gasteiger partial charge is 0.127 e. The Morgan fingerprint density at radius 3 is 0.920 bits per heavy atom. The van der Waals surface area contributed by atoms with Crippen molar-refractivity contribution >= 4 is 0 Å². The van der Waals surface area contributed by atoms with E-state index in [2.05, 4.69) is 68.4 Å². The molecule has 6 N–H and O–H groups in total. The highest BCUT2D eigenvalue weighted by Crippen LogP contribution is 2.61. The van der Waals surface area contributed by atoms with E-state index in [0.29, 0.717) is 76.3 Å². The third-order valence-electron chi connectivity index (χ3n) is 28.8. The maximum absolute atomic E-state index is 10.9. The number of hydrogen-bond acceptors (Lipinski definition) is 12. The summed E-state index contributed by atoms with van der Waals surface area (Å²) in [6.45, 7) is 35.2. The van der Waals surface area contributed by atoms with Crippen LogP contribution in [0.4, 0.5) is 0 Å². The lowest BCUT2D eigenvalue weighted by Gasteiger charge is -2.46. The van der Waals surface area contributed by atoms with E-state index in [1.165, 1.54) is 65.2 Å². The molecule has 6 aliphatic carbocycles. The van der Waals surface area contributed by atoms with Crippen molar-refractivity contribution in [3.8, 4) is 69.0 Å². The number of rotatable bonds is 24. The number of allylic oxidation sites excluding steroid dienone is 12. The molecule has 18 rings (SSSR count). The highest BCUT2D eigenvalue weighted by Gasteiger charge is 2.52. The van der Waals surface area contributed by atoms with Gasteiger partial charge >= 0.3 is 0 Å². The van der Waals surface area contributed by atoms with Gasteiger partial charge < -0.3 is 59.1 Å². The van der Waals surface area contributed by atoms with Crippen LogP contribution < -0.4 is 28.4 Å². The molecule has 0 amide bonds. The van der Waals surface area contributed by atoms with Gasteiger partial charge in [-0.25, -0.2) is 0 Å². The van der Waals surface area contributed by atoms with Crippen molar-refractivity contribution in [3.05, 3.63) is 209 Å². The fourth-order valence-corrected chi connectivity index (χ4v) is 21.5. The van der Waals surface area contributed by atoms with E-state index in [1.807, 2.05) is 52.0 Å². The second-order valence-corrected chi connectivity index (χ2v) is 43.0. The van der Waals surface area contributed by atoms with Gasteiger partial charge in [0.2, 0.25) is 0 Å². The lowest BCUT2D eigenvalue weighted by molar-refractivity contribution is 0.0104. The van der Waals surface area contributed by atoms with E-state index in [-0.39, 0.29) is 111 Å². The summed E-state index contributed by atoms with van der Waals surface area (Å²) in [5, 5.41) is 64.9. The van der Waals surface area contributed by atoms with Gasteiger partial charge in [-0.15, -0.1) is 0 Å². The van der Waals surface area contributed by atoms with E-state index in [4.69, 9.17) is 58.6 Å². The lowest BCUT2D eigenvalue weighted by Crippen LogP contribution is -2.45. The van der Waals surface area contributed by atoms with Crippen molar-refractivity contribution in [2.24, 2.45) is 35.4 Å². The monoisotopic (exact) mass is 1910 g/mol. The molecular weight excluding hydrogens is 1710 g/mol. The summed E-state index contributed by atoms with van der Waals surface area (Å²) in [6.07, 6.45) is 17.0. The first-order valence-electron chi connectivity index (χ1n) is 66.2. The van der Waals surface area contributed by atoms with Gasteiger partial charge in [-0.05, 0) is 384 Å². The fraction of sp³-hybridized carbons (Fsp3) is 0.619. The summed E-state index contributed by atoms with van der Waals surface area (Å²) in [5.74, 6) is -15.0. The summed E-state index contributed by atoms with van der Waals surface area (Å²) in [4.78, 5) is 0. The van der Waals surface area contributed by atoms with Crippen LogP contribution in [0.15, 0.2) is 143 Å². The molecular formula is C126H180O12. The SMILES string of the molecule is [2H]C([2H])([2H])C1=C[C@@]2([2H])c3c(O)cc(CCCCC)cc3OC(C)(C)[C@@H]2CC1.[2H]C1([2H])C[C@H]2C(C)(C)Oc3cc(CCCCC)cc(O)c3[C@]2([2H])C=C1C.[2H]C1=C(C([2H])([2H])[2H])C([2H])([2H])C([2H])([2H])[C@]2([2H])[C@@H]1c1c(O)cc(CCCCC)cc1OC2(C)C.[2H]C1=C(C)C([2H])([2H])C([2H])([2H])[C@@]2([2H])C(C)(C)Oc3cc(CCCCC)cc(O)c3[C@]12[2H].[2H]C1=C(C)CC([2H])([2H])[C@@]2([2H])C(C)(C)Oc3cc(CCCCC)cc(O)c3[C@]12[2H].[2H][C@@]12C=C(C)CC[C@H]1C(C)(C)Oc1cc(CCCCC)cc(O)c12. The van der Waals surface area contributed by atoms with Gasteiger partial charge in [0.15, 0.2) is 0 Å². The maximum Gasteiger partial charge on any atom is 0.127 e. The first kappa shape index (κ1) is 73.4. The molecule has 0 fully saturated rings. The van der Waals surface area contributed by atoms with Crippen LogP contribution in [0.1, 0.15) is 500 Å². The van der Waals surface area contributed by atoms with Gasteiger partial charge in [-0.1, -0.05) is 188 Å². The van der Waals surface area contributed by atoms with Gasteiger partial charge in [-0.3, -0.25) is 0 Å². The quantitative estimate of drug-likeness (QED) is 0.0250. The second kappa shape index (κ2) is 45.7. The van der Waals surface area contributed by atoms with E-state index in [0.717, 1.165) is 175 Å². The van der Waals surface area contributed by atoms with Crippen LogP contribution in [0, 0.1) is 35.4 Å². The van der Waals surface area contributed by atoms with Gasteiger partial charge in [-0.2, -0.15) is 0 Å². The lowest BCUT2D eigenvalue weighted by atomic mass is 9.68. The third kappa shape index (κ3) is 25.0. The number of fused-ring (bicyclic) bond motifs is 18. The Bertz CT molecular complexity index is 6930. The molecule has 6 aromatic carbocycles. The minimum absolute atomic E-state index is 0.0361. The van der Waals surface area contributed by atoms with Crippen molar-refractivity contribution in [1.82, 2.24) is 0 Å². The Hall–Kier alpha value is -8.64. The van der Waals surface area contributed by atoms with Gasteiger partial charge in [0.25, 0.3) is 0 Å². The molecule has 12 heteroatoms. The second-order valence-electron chi connectivity index (χ2n) is 43.0. The summed E-state index contributed by atoms with van der Waals surface area (Å²) >= 11 is 0. The first-order chi connectivity index (χ1) is 76.7. The van der Waals surface area contributed by atoms with Gasteiger partial charge in [0, 0.05) is 140 Å². The van der Waals surface area contributed by atoms with Gasteiger partial charge in [0.1, 0.15) is 103 Å².